The maximum atomic E-state index is 12.8. The number of hydrogen-bond donors (Lipinski definition) is 1. The predicted octanol–water partition coefficient (Wildman–Crippen LogP) is 5.14. The first-order valence-electron chi connectivity index (χ1n) is 10.4. The molecule has 1 aliphatic rings. The molecule has 0 unspecified atom stereocenters. The molecule has 7 heteroatoms. The number of methoxy groups -OCH3 is 3. The van der Waals surface area contributed by atoms with Gasteiger partial charge in [-0.2, -0.15) is 0 Å². The smallest absolute Gasteiger partial charge is 0.255 e. The number of hydrogen-bond acceptors (Lipinski definition) is 6. The van der Waals surface area contributed by atoms with Crippen LogP contribution < -0.4 is 24.4 Å². The van der Waals surface area contributed by atoms with Crippen molar-refractivity contribution in [3.63, 3.8) is 0 Å². The van der Waals surface area contributed by atoms with Crippen LogP contribution in [0.5, 0.6) is 17.2 Å². The van der Waals surface area contributed by atoms with Crippen molar-refractivity contribution in [3.05, 3.63) is 66.2 Å². The lowest BCUT2D eigenvalue weighted by Crippen LogP contribution is -2.29. The quantitative estimate of drug-likeness (QED) is 0.480. The Labute approximate surface area is 192 Å². The van der Waals surface area contributed by atoms with E-state index in [1.807, 2.05) is 0 Å². The Kier molecular flexibility index (Phi) is 6.75. The van der Waals surface area contributed by atoms with Crippen LogP contribution in [0.15, 0.2) is 70.5 Å². The lowest BCUT2D eigenvalue weighted by atomic mass is 10.1. The molecule has 166 valence electrons. The van der Waals surface area contributed by atoms with Crippen LogP contribution in [-0.4, -0.2) is 40.3 Å². The Bertz CT molecular complexity index is 1070. The van der Waals surface area contributed by atoms with E-state index in [0.29, 0.717) is 29.4 Å². The minimum Gasteiger partial charge on any atom is -0.493 e. The molecule has 3 aromatic rings. The predicted molar refractivity (Wildman–Crippen MR) is 127 cm³/mol. The van der Waals surface area contributed by atoms with Gasteiger partial charge in [0.05, 0.1) is 38.3 Å². The number of carbonyl (C=O) groups is 1. The van der Waals surface area contributed by atoms with Gasteiger partial charge in [-0.05, 0) is 42.8 Å². The van der Waals surface area contributed by atoms with Gasteiger partial charge in [0, 0.05) is 22.9 Å². The number of rotatable bonds is 8. The highest BCUT2D eigenvalue weighted by Crippen LogP contribution is 2.47. The van der Waals surface area contributed by atoms with Crippen LogP contribution in [0.25, 0.3) is 0 Å². The standard InChI is InChI=1S/C25H26N2O4S/c1-29-20-14-13-17(23(30-2)24(20)31-3)25(28)26-15-8-16-27-18-9-4-6-11-21(18)32-22-12-7-5-10-19(22)27/h4-7,9-14H,8,15-16H2,1-3H3,(H,26,28). The van der Waals surface area contributed by atoms with Crippen molar-refractivity contribution in [3.8, 4) is 17.2 Å². The van der Waals surface area contributed by atoms with Gasteiger partial charge in [-0.15, -0.1) is 0 Å². The van der Waals surface area contributed by atoms with Crippen molar-refractivity contribution in [2.75, 3.05) is 39.3 Å². The van der Waals surface area contributed by atoms with Crippen molar-refractivity contribution in [1.82, 2.24) is 5.32 Å². The van der Waals surface area contributed by atoms with E-state index in [-0.39, 0.29) is 5.91 Å². The maximum absolute atomic E-state index is 12.8. The zero-order chi connectivity index (χ0) is 22.5. The normalized spacial score (nSPS) is 11.9. The number of benzene rings is 3. The van der Waals surface area contributed by atoms with E-state index < -0.39 is 0 Å². The maximum Gasteiger partial charge on any atom is 0.255 e. The molecule has 0 fully saturated rings. The van der Waals surface area contributed by atoms with Crippen LogP contribution in [0.3, 0.4) is 0 Å². The molecule has 0 atom stereocenters. The van der Waals surface area contributed by atoms with E-state index in [9.17, 15) is 4.79 Å². The molecule has 0 radical (unpaired) electrons. The fourth-order valence-electron chi connectivity index (χ4n) is 3.84. The van der Waals surface area contributed by atoms with Crippen molar-refractivity contribution in [2.24, 2.45) is 0 Å². The Balaban J connectivity index is 1.44. The zero-order valence-corrected chi connectivity index (χ0v) is 19.2. The molecule has 0 spiro atoms. The minimum atomic E-state index is -0.210. The zero-order valence-electron chi connectivity index (χ0n) is 18.4. The van der Waals surface area contributed by atoms with Gasteiger partial charge in [0.25, 0.3) is 5.91 Å². The van der Waals surface area contributed by atoms with Gasteiger partial charge < -0.3 is 24.4 Å². The van der Waals surface area contributed by atoms with Crippen molar-refractivity contribution < 1.29 is 19.0 Å². The fourth-order valence-corrected chi connectivity index (χ4v) is 4.93. The Morgan fingerprint density at radius 2 is 1.47 bits per heavy atom. The molecule has 0 saturated heterocycles. The molecule has 1 aliphatic heterocycles. The van der Waals surface area contributed by atoms with Gasteiger partial charge in [-0.3, -0.25) is 4.79 Å². The third kappa shape index (κ3) is 4.21. The van der Waals surface area contributed by atoms with Gasteiger partial charge in [-0.1, -0.05) is 36.0 Å². The molecule has 1 amide bonds. The topological polar surface area (TPSA) is 60.0 Å². The van der Waals surface area contributed by atoms with E-state index in [1.54, 1.807) is 31.0 Å². The van der Waals surface area contributed by atoms with Gasteiger partial charge in [0.1, 0.15) is 0 Å². The molecule has 6 nitrogen and oxygen atoms in total. The summed E-state index contributed by atoms with van der Waals surface area (Å²) in [6, 6.07) is 20.2. The van der Waals surface area contributed by atoms with Crippen LogP contribution in [0.4, 0.5) is 11.4 Å². The highest BCUT2D eigenvalue weighted by Gasteiger charge is 2.23. The third-order valence-corrected chi connectivity index (χ3v) is 6.46. The third-order valence-electron chi connectivity index (χ3n) is 5.32. The largest absolute Gasteiger partial charge is 0.493 e. The summed E-state index contributed by atoms with van der Waals surface area (Å²) in [5, 5.41) is 3.00. The average molecular weight is 451 g/mol. The molecular weight excluding hydrogens is 424 g/mol. The van der Waals surface area contributed by atoms with E-state index in [2.05, 4.69) is 58.7 Å². The monoisotopic (exact) mass is 450 g/mol. The lowest BCUT2D eigenvalue weighted by molar-refractivity contribution is 0.0949. The van der Waals surface area contributed by atoms with E-state index in [0.717, 1.165) is 13.0 Å². The van der Waals surface area contributed by atoms with Gasteiger partial charge in [0.2, 0.25) is 5.75 Å². The van der Waals surface area contributed by atoms with Crippen molar-refractivity contribution >= 4 is 29.0 Å². The molecule has 4 rings (SSSR count). The number of anilines is 2. The molecule has 1 N–H and O–H groups in total. The number of ether oxygens (including phenoxy) is 3. The number of nitrogens with one attached hydrogen (secondary N) is 1. The van der Waals surface area contributed by atoms with Crippen LogP contribution >= 0.6 is 11.8 Å². The Hall–Kier alpha value is -3.32. The summed E-state index contributed by atoms with van der Waals surface area (Å²) in [5.41, 5.74) is 2.81. The minimum absolute atomic E-state index is 0.210. The number of fused-ring (bicyclic) bond motifs is 2. The number of nitrogens with zero attached hydrogens (tertiary/aromatic N) is 1. The molecular formula is C25H26N2O4S. The van der Waals surface area contributed by atoms with Crippen molar-refractivity contribution in [2.45, 2.75) is 16.2 Å². The summed E-state index contributed by atoms with van der Waals surface area (Å²) in [4.78, 5) is 17.6. The Morgan fingerprint density at radius 3 is 2.06 bits per heavy atom. The highest BCUT2D eigenvalue weighted by molar-refractivity contribution is 7.99. The second kappa shape index (κ2) is 9.87. The van der Waals surface area contributed by atoms with Crippen molar-refractivity contribution in [1.29, 1.82) is 0 Å². The summed E-state index contributed by atoms with van der Waals surface area (Å²) in [7, 11) is 4.58. The number of amides is 1. The molecule has 0 aliphatic carbocycles. The van der Waals surface area contributed by atoms with Gasteiger partial charge in [0.15, 0.2) is 11.5 Å². The molecule has 1 heterocycles. The first-order chi connectivity index (χ1) is 15.7. The first kappa shape index (κ1) is 21.9. The summed E-state index contributed by atoms with van der Waals surface area (Å²) in [6.45, 7) is 1.32. The SMILES string of the molecule is COc1ccc(C(=O)NCCCN2c3ccccc3Sc3ccccc32)c(OC)c1OC. The summed E-state index contributed by atoms with van der Waals surface area (Å²) in [5.74, 6) is 1.07. The van der Waals surface area contributed by atoms with Crippen LogP contribution in [0.2, 0.25) is 0 Å². The van der Waals surface area contributed by atoms with Gasteiger partial charge in [-0.25, -0.2) is 0 Å². The highest BCUT2D eigenvalue weighted by atomic mass is 32.2. The van der Waals surface area contributed by atoms with Gasteiger partial charge >= 0.3 is 0 Å². The Morgan fingerprint density at radius 1 is 0.844 bits per heavy atom. The van der Waals surface area contributed by atoms with E-state index >= 15 is 0 Å². The lowest BCUT2D eigenvalue weighted by Gasteiger charge is -2.32. The summed E-state index contributed by atoms with van der Waals surface area (Å²) < 4.78 is 16.1. The average Bonchev–Trinajstić information content (AvgIpc) is 2.84. The van der Waals surface area contributed by atoms with Crippen LogP contribution in [0.1, 0.15) is 16.8 Å². The number of para-hydroxylation sites is 2. The van der Waals surface area contributed by atoms with E-state index in [1.165, 1.54) is 35.4 Å². The van der Waals surface area contributed by atoms with Crippen LogP contribution in [-0.2, 0) is 0 Å². The molecule has 32 heavy (non-hydrogen) atoms. The first-order valence-corrected chi connectivity index (χ1v) is 11.2. The fraction of sp³-hybridized carbons (Fsp3) is 0.240. The second-order valence-corrected chi connectivity index (χ2v) is 8.26. The molecule has 3 aromatic carbocycles. The summed E-state index contributed by atoms with van der Waals surface area (Å²) in [6.07, 6.45) is 0.786. The number of carbonyl (C=O) groups excluding carboxylic acids is 1. The van der Waals surface area contributed by atoms with Crippen LogP contribution in [0, 0.1) is 0 Å². The summed E-state index contributed by atoms with van der Waals surface area (Å²) >= 11 is 1.79. The van der Waals surface area contributed by atoms with E-state index in [4.69, 9.17) is 14.2 Å². The second-order valence-electron chi connectivity index (χ2n) is 7.18. The molecule has 0 aromatic heterocycles. The molecule has 0 saturated carbocycles. The molecule has 0 bridgehead atoms.